The Bertz CT molecular complexity index is 922. The number of aryl methyl sites for hydroxylation is 1. The summed E-state index contributed by atoms with van der Waals surface area (Å²) in [4.78, 5) is 31.1. The Hall–Kier alpha value is -3.06. The van der Waals surface area contributed by atoms with Crippen molar-refractivity contribution in [3.05, 3.63) is 58.9 Å². The van der Waals surface area contributed by atoms with Gasteiger partial charge < -0.3 is 9.72 Å². The number of fused-ring (bicyclic) bond motifs is 1. The summed E-state index contributed by atoms with van der Waals surface area (Å²) in [7, 11) is 0. The zero-order chi connectivity index (χ0) is 18.5. The third kappa shape index (κ3) is 4.52. The van der Waals surface area contributed by atoms with Gasteiger partial charge in [-0.1, -0.05) is 29.8 Å². The van der Waals surface area contributed by atoms with E-state index in [2.05, 4.69) is 20.8 Å². The van der Waals surface area contributed by atoms with Crippen molar-refractivity contribution >= 4 is 34.4 Å². The smallest absolute Gasteiger partial charge is 0.276 e. The van der Waals surface area contributed by atoms with Gasteiger partial charge in [-0.2, -0.15) is 0 Å². The average Bonchev–Trinajstić information content (AvgIpc) is 3.02. The number of ether oxygens (including phenoxy) is 1. The van der Waals surface area contributed by atoms with Gasteiger partial charge in [-0.25, -0.2) is 4.98 Å². The number of H-pyrrole nitrogens is 1. The maximum absolute atomic E-state index is 11.9. The molecule has 0 fully saturated rings. The van der Waals surface area contributed by atoms with Gasteiger partial charge in [0.05, 0.1) is 22.5 Å². The molecule has 2 aromatic carbocycles. The lowest BCUT2D eigenvalue weighted by atomic mass is 10.2. The van der Waals surface area contributed by atoms with Gasteiger partial charge in [-0.3, -0.25) is 20.4 Å². The summed E-state index contributed by atoms with van der Waals surface area (Å²) >= 11 is 5.99. The maximum Gasteiger partial charge on any atom is 0.276 e. The Labute approximate surface area is 154 Å². The van der Waals surface area contributed by atoms with Gasteiger partial charge in [0.2, 0.25) is 5.91 Å². The molecule has 1 aromatic heterocycles. The van der Waals surface area contributed by atoms with Gasteiger partial charge in [0, 0.05) is 0 Å². The van der Waals surface area contributed by atoms with Crippen molar-refractivity contribution in [2.45, 2.75) is 13.3 Å². The molecule has 0 spiro atoms. The van der Waals surface area contributed by atoms with Gasteiger partial charge in [0.15, 0.2) is 6.61 Å². The number of nitrogens with zero attached hydrogens (tertiary/aromatic N) is 1. The fourth-order valence-electron chi connectivity index (χ4n) is 2.33. The molecule has 3 aromatic rings. The standard InChI is InChI=1S/C18H17ClN4O3/c1-11-6-7-12(19)15(8-11)26-10-18(25)23-22-17(24)9-16-20-13-4-2-3-5-14(13)21-16/h2-8H,9-10H2,1H3,(H,20,21)(H,22,24)(H,23,25). The van der Waals surface area contributed by atoms with E-state index in [1.807, 2.05) is 37.3 Å². The lowest BCUT2D eigenvalue weighted by Gasteiger charge is -2.10. The number of rotatable bonds is 5. The quantitative estimate of drug-likeness (QED) is 0.599. The Kier molecular flexibility index (Phi) is 5.38. The SMILES string of the molecule is Cc1ccc(Cl)c(OCC(=O)NNC(=O)Cc2nc3ccccc3[nH]2)c1. The van der Waals surface area contributed by atoms with Crippen molar-refractivity contribution in [2.24, 2.45) is 0 Å². The number of aromatic amines is 1. The number of hydrogen-bond acceptors (Lipinski definition) is 4. The lowest BCUT2D eigenvalue weighted by molar-refractivity contribution is -0.129. The molecule has 8 heteroatoms. The van der Waals surface area contributed by atoms with Crippen LogP contribution in [0.15, 0.2) is 42.5 Å². The summed E-state index contributed by atoms with van der Waals surface area (Å²) in [5.41, 5.74) is 7.21. The highest BCUT2D eigenvalue weighted by atomic mass is 35.5. The molecule has 0 unspecified atom stereocenters. The predicted molar refractivity (Wildman–Crippen MR) is 97.8 cm³/mol. The zero-order valence-electron chi connectivity index (χ0n) is 14.0. The van der Waals surface area contributed by atoms with Gasteiger partial charge in [0.25, 0.3) is 5.91 Å². The van der Waals surface area contributed by atoms with Crippen LogP contribution in [0.2, 0.25) is 5.02 Å². The molecule has 3 N–H and O–H groups in total. The number of imidazole rings is 1. The van der Waals surface area contributed by atoms with Crippen LogP contribution in [0.1, 0.15) is 11.4 Å². The molecule has 0 aliphatic carbocycles. The first-order chi connectivity index (χ1) is 12.5. The van der Waals surface area contributed by atoms with Gasteiger partial charge in [-0.05, 0) is 36.8 Å². The second-order valence-electron chi connectivity index (χ2n) is 5.70. The van der Waals surface area contributed by atoms with E-state index in [0.29, 0.717) is 16.6 Å². The molecule has 3 rings (SSSR count). The number of carbonyl (C=O) groups excluding carboxylic acids is 2. The molecular weight excluding hydrogens is 356 g/mol. The normalized spacial score (nSPS) is 10.5. The van der Waals surface area contributed by atoms with E-state index in [0.717, 1.165) is 16.6 Å². The fourth-order valence-corrected chi connectivity index (χ4v) is 2.50. The fraction of sp³-hybridized carbons (Fsp3) is 0.167. The highest BCUT2D eigenvalue weighted by Crippen LogP contribution is 2.24. The average molecular weight is 373 g/mol. The van der Waals surface area contributed by atoms with Crippen molar-refractivity contribution < 1.29 is 14.3 Å². The summed E-state index contributed by atoms with van der Waals surface area (Å²) < 4.78 is 5.36. The number of halogens is 1. The number of para-hydroxylation sites is 2. The molecule has 134 valence electrons. The third-order valence-corrected chi connectivity index (χ3v) is 3.87. The highest BCUT2D eigenvalue weighted by Gasteiger charge is 2.10. The Morgan fingerprint density at radius 3 is 2.73 bits per heavy atom. The number of nitrogens with one attached hydrogen (secondary N) is 3. The van der Waals surface area contributed by atoms with Crippen LogP contribution in [-0.2, 0) is 16.0 Å². The van der Waals surface area contributed by atoms with Crippen molar-refractivity contribution in [1.29, 1.82) is 0 Å². The third-order valence-electron chi connectivity index (χ3n) is 3.55. The summed E-state index contributed by atoms with van der Waals surface area (Å²) in [5, 5.41) is 0.414. The highest BCUT2D eigenvalue weighted by molar-refractivity contribution is 6.32. The van der Waals surface area contributed by atoms with Crippen molar-refractivity contribution in [3.8, 4) is 5.75 Å². The van der Waals surface area contributed by atoms with Crippen LogP contribution < -0.4 is 15.6 Å². The second-order valence-corrected chi connectivity index (χ2v) is 6.10. The number of amides is 2. The molecule has 0 bridgehead atoms. The second kappa shape index (κ2) is 7.88. The first-order valence-electron chi connectivity index (χ1n) is 7.91. The minimum absolute atomic E-state index is 0.0134. The summed E-state index contributed by atoms with van der Waals surface area (Å²) in [5.74, 6) is 0.0303. The summed E-state index contributed by atoms with van der Waals surface area (Å²) in [6.07, 6.45) is 0.0134. The lowest BCUT2D eigenvalue weighted by Crippen LogP contribution is -2.44. The van der Waals surface area contributed by atoms with Crippen LogP contribution >= 0.6 is 11.6 Å². The molecule has 2 amide bonds. The molecule has 0 saturated carbocycles. The molecule has 0 aliphatic heterocycles. The van der Waals surface area contributed by atoms with Crippen molar-refractivity contribution in [3.63, 3.8) is 0 Å². The van der Waals surface area contributed by atoms with E-state index < -0.39 is 11.8 Å². The zero-order valence-corrected chi connectivity index (χ0v) is 14.8. The van der Waals surface area contributed by atoms with Crippen LogP contribution in [0.4, 0.5) is 0 Å². The van der Waals surface area contributed by atoms with Crippen LogP contribution in [0, 0.1) is 6.92 Å². The van der Waals surface area contributed by atoms with Gasteiger partial charge >= 0.3 is 0 Å². The number of aromatic nitrogens is 2. The number of benzene rings is 2. The van der Waals surface area contributed by atoms with E-state index in [4.69, 9.17) is 16.3 Å². The topological polar surface area (TPSA) is 96.1 Å². The van der Waals surface area contributed by atoms with Crippen molar-refractivity contribution in [2.75, 3.05) is 6.61 Å². The van der Waals surface area contributed by atoms with Crippen LogP contribution in [0.5, 0.6) is 5.75 Å². The van der Waals surface area contributed by atoms with E-state index in [1.54, 1.807) is 12.1 Å². The van der Waals surface area contributed by atoms with E-state index in [9.17, 15) is 9.59 Å². The van der Waals surface area contributed by atoms with E-state index >= 15 is 0 Å². The molecule has 0 atom stereocenters. The molecule has 0 saturated heterocycles. The number of hydrogen-bond donors (Lipinski definition) is 3. The Balaban J connectivity index is 1.46. The minimum atomic E-state index is -0.500. The number of carbonyl (C=O) groups is 2. The summed E-state index contributed by atoms with van der Waals surface area (Å²) in [6, 6.07) is 12.7. The molecule has 7 nitrogen and oxygen atoms in total. The van der Waals surface area contributed by atoms with Crippen molar-refractivity contribution in [1.82, 2.24) is 20.8 Å². The summed E-state index contributed by atoms with van der Waals surface area (Å²) in [6.45, 7) is 1.62. The Morgan fingerprint density at radius 2 is 1.92 bits per heavy atom. The van der Waals surface area contributed by atoms with Gasteiger partial charge in [0.1, 0.15) is 11.6 Å². The van der Waals surface area contributed by atoms with Crippen LogP contribution in [0.3, 0.4) is 0 Å². The van der Waals surface area contributed by atoms with E-state index in [-0.39, 0.29) is 13.0 Å². The van der Waals surface area contributed by atoms with Crippen LogP contribution in [0.25, 0.3) is 11.0 Å². The largest absolute Gasteiger partial charge is 0.482 e. The monoisotopic (exact) mass is 372 g/mol. The first-order valence-corrected chi connectivity index (χ1v) is 8.29. The van der Waals surface area contributed by atoms with Gasteiger partial charge in [-0.15, -0.1) is 0 Å². The number of hydrazine groups is 1. The molecule has 1 heterocycles. The minimum Gasteiger partial charge on any atom is -0.482 e. The Morgan fingerprint density at radius 1 is 1.15 bits per heavy atom. The maximum atomic E-state index is 11.9. The molecule has 0 radical (unpaired) electrons. The predicted octanol–water partition coefficient (Wildman–Crippen LogP) is 2.29. The molecule has 0 aliphatic rings. The van der Waals surface area contributed by atoms with E-state index in [1.165, 1.54) is 0 Å². The first kappa shape index (κ1) is 17.8. The molecule has 26 heavy (non-hydrogen) atoms. The molecular formula is C18H17ClN4O3. The van der Waals surface area contributed by atoms with Crippen LogP contribution in [-0.4, -0.2) is 28.4 Å².